The molecule has 3 heterocycles. The number of aliphatic carboxylic acids is 1. The van der Waals surface area contributed by atoms with Crippen LogP contribution in [0, 0.1) is 0 Å². The molecule has 144 valence electrons. The van der Waals surface area contributed by atoms with E-state index in [4.69, 9.17) is 5.11 Å². The maximum atomic E-state index is 11.7. The Bertz CT molecular complexity index is 836. The van der Waals surface area contributed by atoms with Gasteiger partial charge in [-0.1, -0.05) is 13.3 Å². The summed E-state index contributed by atoms with van der Waals surface area (Å²) in [5, 5.41) is 8.96. The van der Waals surface area contributed by atoms with Gasteiger partial charge in [0.1, 0.15) is 6.29 Å². The molecular weight excluding hydrogens is 410 g/mol. The smallest absolute Gasteiger partial charge is 0.303 e. The first kappa shape index (κ1) is 19.6. The highest BCUT2D eigenvalue weighted by molar-refractivity contribution is 9.10. The molecule has 3 rings (SSSR count). The SMILES string of the molecule is CCc1ccc2n1NC(C=O)CC2(CCCCC(=O)O)c1cncc(Br)c1. The number of aromatic nitrogens is 2. The van der Waals surface area contributed by atoms with E-state index in [2.05, 4.69) is 51.5 Å². The molecule has 2 atom stereocenters. The van der Waals surface area contributed by atoms with Crippen LogP contribution in [0.5, 0.6) is 0 Å². The zero-order valence-corrected chi connectivity index (χ0v) is 16.9. The maximum absolute atomic E-state index is 11.7. The third kappa shape index (κ3) is 3.93. The molecule has 0 radical (unpaired) electrons. The van der Waals surface area contributed by atoms with Crippen LogP contribution in [0.2, 0.25) is 0 Å². The number of nitrogens with one attached hydrogen (secondary N) is 1. The highest BCUT2D eigenvalue weighted by Crippen LogP contribution is 2.44. The molecular formula is C20H24BrN3O3. The Labute approximate surface area is 167 Å². The second-order valence-electron chi connectivity index (χ2n) is 7.05. The van der Waals surface area contributed by atoms with Crippen molar-refractivity contribution in [1.29, 1.82) is 0 Å². The Morgan fingerprint density at radius 3 is 2.93 bits per heavy atom. The normalized spacial score (nSPS) is 21.3. The van der Waals surface area contributed by atoms with Crippen LogP contribution in [0.25, 0.3) is 0 Å². The minimum atomic E-state index is -0.777. The number of aldehydes is 1. The number of hydrogen-bond donors (Lipinski definition) is 2. The number of unbranched alkanes of at least 4 members (excludes halogenated alkanes) is 1. The van der Waals surface area contributed by atoms with Crippen molar-refractivity contribution in [3.63, 3.8) is 0 Å². The van der Waals surface area contributed by atoms with Crippen LogP contribution in [-0.2, 0) is 21.4 Å². The summed E-state index contributed by atoms with van der Waals surface area (Å²) in [7, 11) is 0. The van der Waals surface area contributed by atoms with Crippen LogP contribution in [-0.4, -0.2) is 33.1 Å². The molecule has 2 unspecified atom stereocenters. The lowest BCUT2D eigenvalue weighted by Crippen LogP contribution is -2.47. The average Bonchev–Trinajstić information content (AvgIpc) is 3.08. The Morgan fingerprint density at radius 2 is 2.26 bits per heavy atom. The quantitative estimate of drug-likeness (QED) is 0.490. The van der Waals surface area contributed by atoms with E-state index in [0.29, 0.717) is 12.8 Å². The molecule has 0 fully saturated rings. The predicted molar refractivity (Wildman–Crippen MR) is 106 cm³/mol. The Hall–Kier alpha value is -2.15. The van der Waals surface area contributed by atoms with Crippen LogP contribution in [0.1, 0.15) is 56.0 Å². The molecule has 1 aliphatic rings. The minimum Gasteiger partial charge on any atom is -0.481 e. The third-order valence-electron chi connectivity index (χ3n) is 5.34. The largest absolute Gasteiger partial charge is 0.481 e. The van der Waals surface area contributed by atoms with Gasteiger partial charge in [-0.25, -0.2) is 0 Å². The summed E-state index contributed by atoms with van der Waals surface area (Å²) in [6, 6.07) is 5.95. The average molecular weight is 434 g/mol. The Kier molecular flexibility index (Phi) is 5.99. The van der Waals surface area contributed by atoms with Gasteiger partial charge < -0.3 is 15.3 Å². The van der Waals surface area contributed by atoms with Crippen molar-refractivity contribution in [3.05, 3.63) is 52.0 Å². The second kappa shape index (κ2) is 8.25. The summed E-state index contributed by atoms with van der Waals surface area (Å²) < 4.78 is 2.93. The highest BCUT2D eigenvalue weighted by atomic mass is 79.9. The molecule has 0 saturated carbocycles. The van der Waals surface area contributed by atoms with E-state index >= 15 is 0 Å². The van der Waals surface area contributed by atoms with E-state index in [-0.39, 0.29) is 17.9 Å². The first-order chi connectivity index (χ1) is 13.0. The number of hydrogen-bond acceptors (Lipinski definition) is 4. The topological polar surface area (TPSA) is 84.2 Å². The molecule has 0 bridgehead atoms. The van der Waals surface area contributed by atoms with E-state index < -0.39 is 5.97 Å². The molecule has 0 amide bonds. The second-order valence-corrected chi connectivity index (χ2v) is 7.97. The fraction of sp³-hybridized carbons (Fsp3) is 0.450. The molecule has 2 aromatic rings. The summed E-state index contributed by atoms with van der Waals surface area (Å²) in [6.45, 7) is 2.09. The van der Waals surface area contributed by atoms with Gasteiger partial charge in [-0.2, -0.15) is 0 Å². The molecule has 2 N–H and O–H groups in total. The molecule has 0 aromatic carbocycles. The highest BCUT2D eigenvalue weighted by Gasteiger charge is 2.43. The van der Waals surface area contributed by atoms with Crippen molar-refractivity contribution in [3.8, 4) is 0 Å². The number of carbonyl (C=O) groups excluding carboxylic acids is 1. The molecule has 0 aliphatic carbocycles. The monoisotopic (exact) mass is 433 g/mol. The fourth-order valence-electron chi connectivity index (χ4n) is 4.07. The Balaban J connectivity index is 2.07. The van der Waals surface area contributed by atoms with Gasteiger partial charge in [-0.15, -0.1) is 0 Å². The number of nitrogens with zero attached hydrogens (tertiary/aromatic N) is 2. The van der Waals surface area contributed by atoms with Crippen molar-refractivity contribution in [1.82, 2.24) is 9.66 Å². The van der Waals surface area contributed by atoms with E-state index in [1.165, 1.54) is 0 Å². The molecule has 2 aromatic heterocycles. The summed E-state index contributed by atoms with van der Waals surface area (Å²) in [5.74, 6) is -0.777. The predicted octanol–water partition coefficient (Wildman–Crippen LogP) is 3.65. The van der Waals surface area contributed by atoms with Crippen LogP contribution in [0.4, 0.5) is 0 Å². The van der Waals surface area contributed by atoms with Crippen LogP contribution in [0.3, 0.4) is 0 Å². The van der Waals surface area contributed by atoms with Crippen LogP contribution in [0.15, 0.2) is 35.1 Å². The lowest BCUT2D eigenvalue weighted by Gasteiger charge is -2.42. The molecule has 7 heteroatoms. The van der Waals surface area contributed by atoms with Crippen molar-refractivity contribution in [2.24, 2.45) is 0 Å². The lowest BCUT2D eigenvalue weighted by atomic mass is 9.69. The van der Waals surface area contributed by atoms with Crippen molar-refractivity contribution >= 4 is 28.2 Å². The fourth-order valence-corrected chi connectivity index (χ4v) is 4.43. The third-order valence-corrected chi connectivity index (χ3v) is 5.78. The summed E-state index contributed by atoms with van der Waals surface area (Å²) in [5.41, 5.74) is 6.20. The van der Waals surface area contributed by atoms with E-state index in [1.54, 1.807) is 6.20 Å². The number of fused-ring (bicyclic) bond motifs is 1. The van der Waals surface area contributed by atoms with Crippen molar-refractivity contribution < 1.29 is 14.7 Å². The number of halogens is 1. The van der Waals surface area contributed by atoms with Gasteiger partial charge in [0.15, 0.2) is 0 Å². The van der Waals surface area contributed by atoms with Gasteiger partial charge >= 0.3 is 5.97 Å². The van der Waals surface area contributed by atoms with Gasteiger partial charge in [-0.3, -0.25) is 14.5 Å². The number of pyridine rings is 1. The summed E-state index contributed by atoms with van der Waals surface area (Å²) in [4.78, 5) is 27.0. The Morgan fingerprint density at radius 1 is 1.44 bits per heavy atom. The molecule has 6 nitrogen and oxygen atoms in total. The number of rotatable bonds is 8. The van der Waals surface area contributed by atoms with Crippen molar-refractivity contribution in [2.45, 2.75) is 56.9 Å². The molecule has 0 spiro atoms. The van der Waals surface area contributed by atoms with Gasteiger partial charge in [0, 0.05) is 34.4 Å². The van der Waals surface area contributed by atoms with E-state index in [9.17, 15) is 9.59 Å². The van der Waals surface area contributed by atoms with Gasteiger partial charge in [0.05, 0.1) is 11.7 Å². The maximum Gasteiger partial charge on any atom is 0.303 e. The molecule has 1 aliphatic heterocycles. The first-order valence-corrected chi connectivity index (χ1v) is 10.0. The zero-order chi connectivity index (χ0) is 19.4. The van der Waals surface area contributed by atoms with E-state index in [1.807, 2.05) is 10.9 Å². The number of carboxylic acids is 1. The molecule has 0 saturated heterocycles. The number of carboxylic acid groups (broad SMARTS) is 1. The first-order valence-electron chi connectivity index (χ1n) is 9.26. The number of carbonyl (C=O) groups is 2. The number of aryl methyl sites for hydroxylation is 1. The zero-order valence-electron chi connectivity index (χ0n) is 15.3. The molecule has 27 heavy (non-hydrogen) atoms. The van der Waals surface area contributed by atoms with Gasteiger partial charge in [0.2, 0.25) is 0 Å². The van der Waals surface area contributed by atoms with Gasteiger partial charge in [0.25, 0.3) is 0 Å². The van der Waals surface area contributed by atoms with Gasteiger partial charge in [-0.05, 0) is 65.4 Å². The summed E-state index contributed by atoms with van der Waals surface area (Å²) in [6.07, 6.45) is 8.32. The van der Waals surface area contributed by atoms with Crippen LogP contribution >= 0.6 is 15.9 Å². The van der Waals surface area contributed by atoms with Crippen LogP contribution < -0.4 is 5.43 Å². The lowest BCUT2D eigenvalue weighted by molar-refractivity contribution is -0.137. The minimum absolute atomic E-state index is 0.156. The van der Waals surface area contributed by atoms with E-state index in [0.717, 1.165) is 47.0 Å². The standard InChI is InChI=1S/C20H24BrN3O3/c1-2-17-6-7-18-20(8-4-3-5-19(26)27,10-16(13-25)23-24(17)18)14-9-15(21)12-22-11-14/h6-7,9,11-13,16,23H,2-5,8,10H2,1H3,(H,26,27). The van der Waals surface area contributed by atoms with Crippen molar-refractivity contribution in [2.75, 3.05) is 5.43 Å². The summed E-state index contributed by atoms with van der Waals surface area (Å²) >= 11 is 3.51.